The fraction of sp³-hybridized carbons (Fsp3) is 0.714. The summed E-state index contributed by atoms with van der Waals surface area (Å²) in [5, 5.41) is 21.1. The molecule has 7 heteroatoms. The van der Waals surface area contributed by atoms with E-state index in [2.05, 4.69) is 9.89 Å². The highest BCUT2D eigenvalue weighted by Crippen LogP contribution is 1.99. The van der Waals surface area contributed by atoms with Crippen LogP contribution in [0.4, 0.5) is 0 Å². The van der Waals surface area contributed by atoms with E-state index in [9.17, 15) is 14.9 Å². The van der Waals surface area contributed by atoms with Gasteiger partial charge in [0.05, 0.1) is 7.11 Å². The normalized spacial score (nSPS) is 11.1. The molecule has 0 fully saturated rings. The van der Waals surface area contributed by atoms with E-state index < -0.39 is 10.9 Å². The molecule has 0 aromatic heterocycles. The van der Waals surface area contributed by atoms with Gasteiger partial charge in [-0.3, -0.25) is 10.1 Å². The van der Waals surface area contributed by atoms with Crippen molar-refractivity contribution in [2.24, 2.45) is 5.16 Å². The van der Waals surface area contributed by atoms with E-state index >= 15 is 0 Å². The molecule has 1 N–H and O–H groups in total. The maximum atomic E-state index is 10.8. The number of rotatable bonds is 6. The highest BCUT2D eigenvalue weighted by atomic mass is 16.6. The third kappa shape index (κ3) is 5.07. The number of esters is 1. The molecule has 0 amide bonds. The lowest BCUT2D eigenvalue weighted by Crippen LogP contribution is -2.16. The van der Waals surface area contributed by atoms with Gasteiger partial charge in [0.15, 0.2) is 5.71 Å². The Morgan fingerprint density at radius 1 is 1.57 bits per heavy atom. The van der Waals surface area contributed by atoms with Gasteiger partial charge in [0.2, 0.25) is 6.54 Å². The quantitative estimate of drug-likeness (QED) is 0.169. The summed E-state index contributed by atoms with van der Waals surface area (Å²) in [4.78, 5) is 20.3. The predicted octanol–water partition coefficient (Wildman–Crippen LogP) is 0.437. The van der Waals surface area contributed by atoms with Crippen molar-refractivity contribution in [3.05, 3.63) is 10.1 Å². The van der Waals surface area contributed by atoms with Crippen LogP contribution in [0, 0.1) is 10.1 Å². The molecule has 0 saturated carbocycles. The summed E-state index contributed by atoms with van der Waals surface area (Å²) in [5.41, 5.74) is -0.115. The molecule has 0 aliphatic rings. The van der Waals surface area contributed by atoms with Gasteiger partial charge in [-0.1, -0.05) is 5.16 Å². The summed E-state index contributed by atoms with van der Waals surface area (Å²) >= 11 is 0. The minimum atomic E-state index is -0.714. The van der Waals surface area contributed by atoms with Gasteiger partial charge in [-0.2, -0.15) is 0 Å². The summed E-state index contributed by atoms with van der Waals surface area (Å²) in [6.07, 6.45) is 0.926. The lowest BCUT2D eigenvalue weighted by Gasteiger charge is -2.00. The zero-order valence-corrected chi connectivity index (χ0v) is 7.80. The van der Waals surface area contributed by atoms with E-state index in [4.69, 9.17) is 5.21 Å². The van der Waals surface area contributed by atoms with E-state index in [1.54, 1.807) is 0 Å². The van der Waals surface area contributed by atoms with E-state index in [-0.39, 0.29) is 18.7 Å². The monoisotopic (exact) mass is 204 g/mol. The first kappa shape index (κ1) is 12.3. The number of ether oxygens (including phenoxy) is 1. The Morgan fingerprint density at radius 3 is 2.64 bits per heavy atom. The number of carbonyl (C=O) groups is 1. The lowest BCUT2D eigenvalue weighted by atomic mass is 10.1. The fourth-order valence-corrected chi connectivity index (χ4v) is 0.844. The molecule has 0 aliphatic carbocycles. The first-order chi connectivity index (χ1) is 6.61. The number of unbranched alkanes of at least 4 members (excludes halogenated alkanes) is 1. The Morgan fingerprint density at radius 2 is 2.21 bits per heavy atom. The average Bonchev–Trinajstić information content (AvgIpc) is 2.16. The smallest absolute Gasteiger partial charge is 0.355 e. The molecule has 0 saturated heterocycles. The minimum absolute atomic E-state index is 0.115. The van der Waals surface area contributed by atoms with Crippen LogP contribution >= 0.6 is 0 Å². The summed E-state index contributed by atoms with van der Waals surface area (Å²) in [6, 6.07) is 0. The van der Waals surface area contributed by atoms with Crippen molar-refractivity contribution in [1.82, 2.24) is 0 Å². The highest BCUT2D eigenvalue weighted by molar-refractivity contribution is 6.36. The third-order valence-corrected chi connectivity index (χ3v) is 1.55. The molecular weight excluding hydrogens is 192 g/mol. The number of carbonyl (C=O) groups excluding carboxylic acids is 1. The van der Waals surface area contributed by atoms with Gasteiger partial charge in [-0.05, 0) is 6.42 Å². The van der Waals surface area contributed by atoms with Crippen LogP contribution < -0.4 is 0 Å². The maximum Gasteiger partial charge on any atom is 0.355 e. The molecule has 0 spiro atoms. The van der Waals surface area contributed by atoms with E-state index in [1.165, 1.54) is 7.11 Å². The van der Waals surface area contributed by atoms with E-state index in [1.807, 2.05) is 0 Å². The number of hydrogen-bond acceptors (Lipinski definition) is 6. The Labute approximate surface area is 80.5 Å². The van der Waals surface area contributed by atoms with Gasteiger partial charge in [-0.25, -0.2) is 4.79 Å². The zero-order chi connectivity index (χ0) is 11.0. The molecule has 0 aromatic rings. The second-order valence-electron chi connectivity index (χ2n) is 2.55. The molecule has 80 valence electrons. The van der Waals surface area contributed by atoms with Crippen LogP contribution in [0.3, 0.4) is 0 Å². The first-order valence-electron chi connectivity index (χ1n) is 4.03. The van der Waals surface area contributed by atoms with E-state index in [0.29, 0.717) is 12.8 Å². The van der Waals surface area contributed by atoms with Crippen LogP contribution in [0.5, 0.6) is 0 Å². The van der Waals surface area contributed by atoms with Crippen molar-refractivity contribution in [2.75, 3.05) is 13.7 Å². The molecular formula is C7H12N2O5. The van der Waals surface area contributed by atoms with Crippen molar-refractivity contribution in [2.45, 2.75) is 19.3 Å². The largest absolute Gasteiger partial charge is 0.464 e. The fourth-order valence-electron chi connectivity index (χ4n) is 0.844. The van der Waals surface area contributed by atoms with Gasteiger partial charge in [0.25, 0.3) is 0 Å². The number of hydrogen-bond donors (Lipinski definition) is 1. The Kier molecular flexibility index (Phi) is 6.01. The van der Waals surface area contributed by atoms with Gasteiger partial charge in [0.1, 0.15) is 0 Å². The SMILES string of the molecule is COC(=O)C(CCCC[N+](=O)[O-])=NO. The lowest BCUT2D eigenvalue weighted by molar-refractivity contribution is -0.480. The molecule has 0 aliphatic heterocycles. The van der Waals surface area contributed by atoms with Gasteiger partial charge in [-0.15, -0.1) is 0 Å². The molecule has 0 atom stereocenters. The van der Waals surface area contributed by atoms with Crippen molar-refractivity contribution < 1.29 is 19.7 Å². The predicted molar refractivity (Wildman–Crippen MR) is 46.9 cm³/mol. The average molecular weight is 204 g/mol. The van der Waals surface area contributed by atoms with Crippen LogP contribution in [0.15, 0.2) is 5.16 Å². The summed E-state index contributed by atoms with van der Waals surface area (Å²) in [6.45, 7) is -0.153. The molecule has 0 heterocycles. The number of nitrogens with zero attached hydrogens (tertiary/aromatic N) is 2. The van der Waals surface area contributed by atoms with E-state index in [0.717, 1.165) is 0 Å². The molecule has 0 unspecified atom stereocenters. The molecule has 0 rings (SSSR count). The second-order valence-corrected chi connectivity index (χ2v) is 2.55. The van der Waals surface area contributed by atoms with Gasteiger partial charge < -0.3 is 9.94 Å². The topological polar surface area (TPSA) is 102 Å². The van der Waals surface area contributed by atoms with Crippen LogP contribution in [0.2, 0.25) is 0 Å². The first-order valence-corrected chi connectivity index (χ1v) is 4.03. The van der Waals surface area contributed by atoms with Crippen molar-refractivity contribution in [3.8, 4) is 0 Å². The number of methoxy groups -OCH3 is 1. The molecule has 7 nitrogen and oxygen atoms in total. The van der Waals surface area contributed by atoms with Gasteiger partial charge >= 0.3 is 5.97 Å². The summed E-state index contributed by atoms with van der Waals surface area (Å²) in [5.74, 6) is -0.714. The van der Waals surface area contributed by atoms with Crippen LogP contribution in [0.1, 0.15) is 19.3 Å². The van der Waals surface area contributed by atoms with Crippen molar-refractivity contribution in [3.63, 3.8) is 0 Å². The van der Waals surface area contributed by atoms with Crippen LogP contribution in [-0.2, 0) is 9.53 Å². The Balaban J connectivity index is 3.75. The summed E-state index contributed by atoms with van der Waals surface area (Å²) in [7, 11) is 1.17. The third-order valence-electron chi connectivity index (χ3n) is 1.55. The van der Waals surface area contributed by atoms with Crippen molar-refractivity contribution in [1.29, 1.82) is 0 Å². The second kappa shape index (κ2) is 6.81. The van der Waals surface area contributed by atoms with Crippen LogP contribution in [-0.4, -0.2) is 35.5 Å². The zero-order valence-electron chi connectivity index (χ0n) is 7.80. The van der Waals surface area contributed by atoms with Gasteiger partial charge in [0, 0.05) is 17.8 Å². The summed E-state index contributed by atoms with van der Waals surface area (Å²) < 4.78 is 4.32. The molecule has 0 radical (unpaired) electrons. The number of oxime groups is 1. The highest BCUT2D eigenvalue weighted by Gasteiger charge is 2.12. The Hall–Kier alpha value is -1.66. The standard InChI is InChI=1S/C7H12N2O5/c1-14-7(10)6(8-11)4-2-3-5-9(12)13/h11H,2-5H2,1H3. The molecule has 0 bridgehead atoms. The Bertz CT molecular complexity index is 238. The molecule has 0 aromatic carbocycles. The maximum absolute atomic E-state index is 10.8. The van der Waals surface area contributed by atoms with Crippen molar-refractivity contribution >= 4 is 11.7 Å². The van der Waals surface area contributed by atoms with Crippen LogP contribution in [0.25, 0.3) is 0 Å². The molecule has 14 heavy (non-hydrogen) atoms. The minimum Gasteiger partial charge on any atom is -0.464 e. The number of nitro groups is 1.